The third kappa shape index (κ3) is 17.4. The Morgan fingerprint density at radius 3 is 1.38 bits per heavy atom. The molecule has 21 nitrogen and oxygen atoms in total. The summed E-state index contributed by atoms with van der Waals surface area (Å²) in [5.41, 5.74) is 0.389. The molecule has 0 unspecified atom stereocenters. The topological polar surface area (TPSA) is 317 Å². The maximum atomic E-state index is 12.9. The van der Waals surface area contributed by atoms with Crippen LogP contribution in [0.4, 0.5) is 47.8 Å². The van der Waals surface area contributed by atoms with E-state index in [1.807, 2.05) is 0 Å². The number of nitrogens with two attached hydrogens (primary N) is 1. The van der Waals surface area contributed by atoms with Gasteiger partial charge in [-0.25, -0.2) is 31.1 Å². The average Bonchev–Trinajstić information content (AvgIpc) is 3.23. The molecule has 0 spiro atoms. The number of hydrogen-bond acceptors (Lipinski definition) is 16. The maximum absolute atomic E-state index is 12.9. The lowest BCUT2D eigenvalue weighted by Crippen LogP contribution is -2.29. The largest absolute Gasteiger partial charge is 0.479 e. The molecule has 0 aliphatic rings. The summed E-state index contributed by atoms with van der Waals surface area (Å²) in [6.45, 7) is -0.701. The molecule has 71 heavy (non-hydrogen) atoms. The Labute approximate surface area is 412 Å². The highest BCUT2D eigenvalue weighted by Gasteiger charge is 2.33. The van der Waals surface area contributed by atoms with Crippen LogP contribution in [-0.2, 0) is 37.2 Å². The Balaban J connectivity index is 0.000000295. The van der Waals surface area contributed by atoms with Crippen molar-refractivity contribution in [1.82, 2.24) is 14.4 Å². The van der Waals surface area contributed by atoms with Gasteiger partial charge >= 0.3 is 18.3 Å². The molecular weight excluding hydrogens is 1110 g/mol. The summed E-state index contributed by atoms with van der Waals surface area (Å²) in [7, 11) is -8.00. The fraction of sp³-hybridized carbons (Fsp3) is 0.135. The van der Waals surface area contributed by atoms with Crippen molar-refractivity contribution in [1.29, 1.82) is 0 Å². The lowest BCUT2D eigenvalue weighted by molar-refractivity contribution is -0.385. The van der Waals surface area contributed by atoms with Gasteiger partial charge < -0.3 is 25.1 Å². The van der Waals surface area contributed by atoms with Crippen LogP contribution < -0.4 is 29.4 Å². The Morgan fingerprint density at radius 1 is 0.690 bits per heavy atom. The van der Waals surface area contributed by atoms with Crippen LogP contribution in [0.25, 0.3) is 0 Å². The van der Waals surface area contributed by atoms with Crippen molar-refractivity contribution >= 4 is 101 Å². The zero-order valence-corrected chi connectivity index (χ0v) is 39.3. The van der Waals surface area contributed by atoms with Crippen LogP contribution in [0, 0.1) is 26.2 Å². The molecular formula is C37H25Cl4F7N6O15S2. The number of alkyl halides is 6. The van der Waals surface area contributed by atoms with E-state index in [9.17, 15) is 82.2 Å². The number of ether oxygens (including phenoxy) is 3. The number of amides is 2. The first-order valence-electron chi connectivity index (χ1n) is 17.8. The molecule has 0 aliphatic heterocycles. The minimum absolute atomic E-state index is 0.189. The van der Waals surface area contributed by atoms with E-state index < -0.39 is 127 Å². The summed E-state index contributed by atoms with van der Waals surface area (Å²) >= 11 is 22.5. The standard InChI is InChI=1S/2C15H10ClF3N2O6S.C7H5Cl2FN2O3/c2*1-28(25,26)20-14(22)10-7-9(3-4-12(10)21(23)24)27-13-5-2-8(6-11(13)16)15(17,18)19;8-3-5(11)4(9)7(12-6(3)10)15-1-2(13)14/h2*2-7H,1H3,(H,20,22);1H2,(H2,11,12)(H,13,14). The van der Waals surface area contributed by atoms with E-state index in [4.69, 9.17) is 66.7 Å². The van der Waals surface area contributed by atoms with Crippen molar-refractivity contribution in [3.63, 3.8) is 0 Å². The summed E-state index contributed by atoms with van der Waals surface area (Å²) in [6, 6.07) is 10.2. The van der Waals surface area contributed by atoms with Crippen molar-refractivity contribution in [2.24, 2.45) is 0 Å². The molecule has 4 aromatic carbocycles. The predicted octanol–water partition coefficient (Wildman–Crippen LogP) is 9.07. The molecule has 5 rings (SSSR count). The van der Waals surface area contributed by atoms with Crippen molar-refractivity contribution in [2.75, 3.05) is 24.9 Å². The number of aromatic nitrogens is 1. The molecule has 0 radical (unpaired) electrons. The summed E-state index contributed by atoms with van der Waals surface area (Å²) in [5.74, 6) is -6.08. The van der Waals surface area contributed by atoms with Gasteiger partial charge in [0.05, 0.1) is 49.2 Å². The van der Waals surface area contributed by atoms with Gasteiger partial charge in [-0.1, -0.05) is 46.4 Å². The zero-order chi connectivity index (χ0) is 54.1. The Bertz CT molecular complexity index is 2990. The zero-order valence-electron chi connectivity index (χ0n) is 34.7. The number of carboxylic acids is 1. The normalized spacial score (nSPS) is 11.4. The molecule has 2 amide bonds. The molecule has 1 aromatic heterocycles. The van der Waals surface area contributed by atoms with E-state index >= 15 is 0 Å². The number of nitro groups is 2. The molecule has 0 fully saturated rings. The number of aliphatic carboxylic acids is 1. The fourth-order valence-corrected chi connectivity index (χ4v) is 6.50. The second-order valence-corrected chi connectivity index (χ2v) is 18.3. The minimum Gasteiger partial charge on any atom is -0.479 e. The second-order valence-electron chi connectivity index (χ2n) is 13.2. The predicted molar refractivity (Wildman–Crippen MR) is 236 cm³/mol. The second kappa shape index (κ2) is 23.3. The van der Waals surface area contributed by atoms with Crippen LogP contribution in [0.3, 0.4) is 0 Å². The minimum atomic E-state index is -4.62. The summed E-state index contributed by atoms with van der Waals surface area (Å²) in [4.78, 5) is 57.7. The van der Waals surface area contributed by atoms with Gasteiger partial charge in [0.2, 0.25) is 31.9 Å². The first-order valence-corrected chi connectivity index (χ1v) is 23.1. The Kier molecular flexibility index (Phi) is 19.1. The summed E-state index contributed by atoms with van der Waals surface area (Å²) < 4.78 is 152. The molecule has 0 aliphatic carbocycles. The van der Waals surface area contributed by atoms with Gasteiger partial charge in [0, 0.05) is 24.3 Å². The number of carboxylic acid groups (broad SMARTS) is 1. The van der Waals surface area contributed by atoms with Gasteiger partial charge in [0.15, 0.2) is 6.61 Å². The van der Waals surface area contributed by atoms with Gasteiger partial charge in [0.25, 0.3) is 23.2 Å². The van der Waals surface area contributed by atoms with Crippen molar-refractivity contribution in [3.05, 3.63) is 141 Å². The molecule has 34 heteroatoms. The third-order valence-corrected chi connectivity index (χ3v) is 10.2. The van der Waals surface area contributed by atoms with Crippen LogP contribution in [0.5, 0.6) is 28.9 Å². The van der Waals surface area contributed by atoms with E-state index in [0.29, 0.717) is 36.8 Å². The van der Waals surface area contributed by atoms with Crippen LogP contribution >= 0.6 is 46.4 Å². The number of halogens is 11. The first kappa shape index (κ1) is 58.3. The number of sulfonamides is 2. The number of carbonyl (C=O) groups excluding carboxylic acids is 2. The van der Waals surface area contributed by atoms with Crippen LogP contribution in [0.2, 0.25) is 20.1 Å². The molecule has 5 aromatic rings. The quantitative estimate of drug-likeness (QED) is 0.0369. The molecule has 0 saturated carbocycles. The van der Waals surface area contributed by atoms with Crippen molar-refractivity contribution < 1.29 is 91.1 Å². The van der Waals surface area contributed by atoms with E-state index in [0.717, 1.165) is 48.5 Å². The highest BCUT2D eigenvalue weighted by Crippen LogP contribution is 2.39. The first-order chi connectivity index (χ1) is 32.5. The van der Waals surface area contributed by atoms with Crippen molar-refractivity contribution in [2.45, 2.75) is 12.4 Å². The van der Waals surface area contributed by atoms with Crippen molar-refractivity contribution in [3.8, 4) is 28.9 Å². The maximum Gasteiger partial charge on any atom is 0.416 e. The van der Waals surface area contributed by atoms with E-state index in [1.165, 1.54) is 0 Å². The van der Waals surface area contributed by atoms with Gasteiger partial charge in [-0.2, -0.15) is 35.7 Å². The molecule has 1 heterocycles. The van der Waals surface area contributed by atoms with Gasteiger partial charge in [0.1, 0.15) is 44.2 Å². The number of benzene rings is 4. The lowest BCUT2D eigenvalue weighted by Gasteiger charge is -2.12. The fourth-order valence-electron chi connectivity index (χ4n) is 4.80. The van der Waals surface area contributed by atoms with Crippen LogP contribution in [0.1, 0.15) is 31.8 Å². The van der Waals surface area contributed by atoms with Crippen LogP contribution in [-0.4, -0.2) is 73.7 Å². The van der Waals surface area contributed by atoms with Gasteiger partial charge in [-0.05, 0) is 48.5 Å². The lowest BCUT2D eigenvalue weighted by atomic mass is 10.1. The summed E-state index contributed by atoms with van der Waals surface area (Å²) in [5, 5.41) is 29.0. The molecule has 382 valence electrons. The van der Waals surface area contributed by atoms with Crippen LogP contribution in [0.15, 0.2) is 72.8 Å². The number of nitrogen functional groups attached to an aromatic ring is 1. The Hall–Kier alpha value is -6.99. The number of hydrogen-bond donors (Lipinski definition) is 4. The molecule has 0 saturated heterocycles. The smallest absolute Gasteiger partial charge is 0.416 e. The molecule has 0 bridgehead atoms. The highest BCUT2D eigenvalue weighted by atomic mass is 35.5. The SMILES string of the molecule is CS(=O)(=O)NC(=O)c1cc(Oc2ccc(C(F)(F)F)cc2Cl)ccc1[N+](=O)[O-].CS(=O)(=O)NC(=O)c1cc(Oc2ccc(C(F)(F)F)cc2Cl)ccc1[N+](=O)[O-].Nc1c(Cl)c(F)nc(OCC(=O)O)c1Cl. The number of anilines is 1. The highest BCUT2D eigenvalue weighted by molar-refractivity contribution is 7.89. The number of rotatable bonds is 13. The van der Waals surface area contributed by atoms with E-state index in [-0.39, 0.29) is 33.7 Å². The summed E-state index contributed by atoms with van der Waals surface area (Å²) in [6.07, 6.45) is -7.88. The average molecular weight is 1130 g/mol. The number of nitrogens with one attached hydrogen (secondary N) is 2. The number of nitrogens with zero attached hydrogens (tertiary/aromatic N) is 3. The number of carbonyl (C=O) groups is 3. The third-order valence-electron chi connectivity index (χ3n) is 7.72. The molecule has 0 atom stereocenters. The monoisotopic (exact) mass is 1130 g/mol. The van der Waals surface area contributed by atoms with E-state index in [1.54, 1.807) is 9.44 Å². The van der Waals surface area contributed by atoms with Gasteiger partial charge in [-0.3, -0.25) is 29.8 Å². The van der Waals surface area contributed by atoms with E-state index in [2.05, 4.69) is 9.72 Å². The number of pyridine rings is 1. The molecule has 5 N–H and O–H groups in total. The van der Waals surface area contributed by atoms with Gasteiger partial charge in [-0.15, -0.1) is 0 Å². The Morgan fingerprint density at radius 2 is 1.07 bits per heavy atom. The number of nitro benzene ring substituents is 2.